The molecule has 2 aromatic carbocycles. The van der Waals surface area contributed by atoms with Gasteiger partial charge < -0.3 is 4.90 Å². The number of aromatic nitrogens is 3. The number of H-pyrrole nitrogens is 1. The minimum Gasteiger partial charge on any atom is -0.339 e. The lowest BCUT2D eigenvalue weighted by atomic mass is 9.95. The summed E-state index contributed by atoms with van der Waals surface area (Å²) in [6.45, 7) is 3.15. The molecule has 3 aromatic rings. The number of hydrogen-bond acceptors (Lipinski definition) is 3. The Balaban J connectivity index is 1.45. The average Bonchev–Trinajstić information content (AvgIpc) is 3.14. The Kier molecular flexibility index (Phi) is 5.90. The van der Waals surface area contributed by atoms with E-state index in [1.165, 1.54) is 12.1 Å². The van der Waals surface area contributed by atoms with Crippen LogP contribution in [0, 0.1) is 6.92 Å². The summed E-state index contributed by atoms with van der Waals surface area (Å²) < 4.78 is 40.5. The molecule has 168 valence electrons. The van der Waals surface area contributed by atoms with Gasteiger partial charge in [0.1, 0.15) is 5.82 Å². The van der Waals surface area contributed by atoms with Crippen LogP contribution in [0.1, 0.15) is 51.6 Å². The van der Waals surface area contributed by atoms with Crippen LogP contribution in [0.3, 0.4) is 0 Å². The van der Waals surface area contributed by atoms with Crippen molar-refractivity contribution in [3.63, 3.8) is 0 Å². The zero-order valence-electron chi connectivity index (χ0n) is 17.5. The molecule has 0 atom stereocenters. The van der Waals surface area contributed by atoms with Crippen molar-refractivity contribution in [1.29, 1.82) is 0 Å². The number of amides is 1. The van der Waals surface area contributed by atoms with Crippen molar-refractivity contribution in [1.82, 2.24) is 19.7 Å². The third-order valence-electron chi connectivity index (χ3n) is 5.83. The lowest BCUT2D eigenvalue weighted by molar-refractivity contribution is -0.137. The summed E-state index contributed by atoms with van der Waals surface area (Å²) in [7, 11) is 0. The number of rotatable bonds is 4. The van der Waals surface area contributed by atoms with Gasteiger partial charge in [0.2, 0.25) is 0 Å². The minimum absolute atomic E-state index is 0.0225. The quantitative estimate of drug-likeness (QED) is 0.662. The number of nitrogens with one attached hydrogen (secondary N) is 1. The molecule has 0 radical (unpaired) electrons. The van der Waals surface area contributed by atoms with Crippen LogP contribution in [0.25, 0.3) is 0 Å². The zero-order valence-corrected chi connectivity index (χ0v) is 17.5. The first-order chi connectivity index (χ1) is 15.2. The molecule has 2 heterocycles. The van der Waals surface area contributed by atoms with E-state index < -0.39 is 17.6 Å². The molecule has 6 nitrogen and oxygen atoms in total. The SMILES string of the molecule is Cc1ccc(Cn2c(C3CCN(C(=O)c4cccc(C(F)(F)F)c4)CC3)n[nH]c2=O)cc1. The van der Waals surface area contributed by atoms with Gasteiger partial charge in [-0.1, -0.05) is 35.9 Å². The van der Waals surface area contributed by atoms with Crippen LogP contribution < -0.4 is 5.69 Å². The van der Waals surface area contributed by atoms with E-state index in [1.54, 1.807) is 9.47 Å². The molecule has 32 heavy (non-hydrogen) atoms. The molecule has 0 aliphatic carbocycles. The maximum absolute atomic E-state index is 13.0. The lowest BCUT2D eigenvalue weighted by Gasteiger charge is -2.31. The monoisotopic (exact) mass is 444 g/mol. The molecule has 1 aliphatic heterocycles. The van der Waals surface area contributed by atoms with Crippen LogP contribution in [0.5, 0.6) is 0 Å². The van der Waals surface area contributed by atoms with Gasteiger partial charge in [-0.2, -0.15) is 18.3 Å². The van der Waals surface area contributed by atoms with E-state index in [9.17, 15) is 22.8 Å². The summed E-state index contributed by atoms with van der Waals surface area (Å²) in [6.07, 6.45) is -3.35. The summed E-state index contributed by atoms with van der Waals surface area (Å²) >= 11 is 0. The van der Waals surface area contributed by atoms with Gasteiger partial charge in [0.25, 0.3) is 5.91 Å². The largest absolute Gasteiger partial charge is 0.416 e. The Morgan fingerprint density at radius 1 is 1.12 bits per heavy atom. The fourth-order valence-electron chi connectivity index (χ4n) is 4.02. The number of aryl methyl sites for hydroxylation is 1. The standard InChI is InChI=1S/C23H23F3N4O2/c1-15-5-7-16(8-6-15)14-30-20(27-28-22(30)32)17-9-11-29(12-10-17)21(31)18-3-2-4-19(13-18)23(24,25)26/h2-8,13,17H,9-12,14H2,1H3,(H,28,32). The van der Waals surface area contributed by atoms with E-state index in [0.717, 1.165) is 23.3 Å². The molecular weight excluding hydrogens is 421 g/mol. The second-order valence-corrected chi connectivity index (χ2v) is 8.10. The van der Waals surface area contributed by atoms with Crippen LogP contribution in [-0.4, -0.2) is 38.7 Å². The Morgan fingerprint density at radius 3 is 2.47 bits per heavy atom. The van der Waals surface area contributed by atoms with Gasteiger partial charge in [-0.15, -0.1) is 0 Å². The van der Waals surface area contributed by atoms with E-state index in [2.05, 4.69) is 10.2 Å². The predicted molar refractivity (Wildman–Crippen MR) is 112 cm³/mol. The van der Waals surface area contributed by atoms with Crippen LogP contribution in [0.4, 0.5) is 13.2 Å². The highest BCUT2D eigenvalue weighted by Gasteiger charge is 2.32. The minimum atomic E-state index is -4.50. The lowest BCUT2D eigenvalue weighted by Crippen LogP contribution is -2.38. The summed E-state index contributed by atoms with van der Waals surface area (Å²) in [5.41, 5.74) is 1.01. The van der Waals surface area contributed by atoms with Crippen molar-refractivity contribution in [3.05, 3.63) is 87.1 Å². The third kappa shape index (κ3) is 4.61. The first-order valence-electron chi connectivity index (χ1n) is 10.4. The maximum Gasteiger partial charge on any atom is 0.416 e. The topological polar surface area (TPSA) is 71.0 Å². The van der Waals surface area contributed by atoms with Gasteiger partial charge in [-0.05, 0) is 43.5 Å². The second-order valence-electron chi connectivity index (χ2n) is 8.10. The zero-order chi connectivity index (χ0) is 22.9. The van der Waals surface area contributed by atoms with E-state index in [0.29, 0.717) is 38.3 Å². The average molecular weight is 444 g/mol. The number of likely N-dealkylation sites (tertiary alicyclic amines) is 1. The van der Waals surface area contributed by atoms with Gasteiger partial charge in [-0.25, -0.2) is 9.89 Å². The fourth-order valence-corrected chi connectivity index (χ4v) is 4.02. The molecule has 0 unspecified atom stereocenters. The van der Waals surface area contributed by atoms with Gasteiger partial charge in [-0.3, -0.25) is 9.36 Å². The number of halogens is 3. The normalized spacial score (nSPS) is 15.2. The van der Waals surface area contributed by atoms with Crippen molar-refractivity contribution >= 4 is 5.91 Å². The summed E-state index contributed by atoms with van der Waals surface area (Å²) in [4.78, 5) is 26.6. The number of carbonyl (C=O) groups is 1. The van der Waals surface area contributed by atoms with Crippen molar-refractivity contribution in [2.75, 3.05) is 13.1 Å². The number of aromatic amines is 1. The van der Waals surface area contributed by atoms with Crippen LogP contribution in [0.15, 0.2) is 53.3 Å². The number of piperidine rings is 1. The van der Waals surface area contributed by atoms with Gasteiger partial charge in [0.15, 0.2) is 0 Å². The van der Waals surface area contributed by atoms with Gasteiger partial charge in [0, 0.05) is 24.6 Å². The van der Waals surface area contributed by atoms with Crippen molar-refractivity contribution < 1.29 is 18.0 Å². The summed E-state index contributed by atoms with van der Waals surface area (Å²) in [6, 6.07) is 12.4. The Morgan fingerprint density at radius 2 is 1.81 bits per heavy atom. The molecule has 1 fully saturated rings. The van der Waals surface area contributed by atoms with Crippen molar-refractivity contribution in [2.45, 2.75) is 38.4 Å². The van der Waals surface area contributed by atoms with Gasteiger partial charge in [0.05, 0.1) is 12.1 Å². The fraction of sp³-hybridized carbons (Fsp3) is 0.348. The van der Waals surface area contributed by atoms with E-state index in [1.807, 2.05) is 31.2 Å². The third-order valence-corrected chi connectivity index (χ3v) is 5.83. The molecule has 1 amide bonds. The van der Waals surface area contributed by atoms with Crippen LogP contribution >= 0.6 is 0 Å². The molecule has 1 aromatic heterocycles. The number of alkyl halides is 3. The number of nitrogens with zero attached hydrogens (tertiary/aromatic N) is 3. The number of hydrogen-bond donors (Lipinski definition) is 1. The first-order valence-corrected chi connectivity index (χ1v) is 10.4. The van der Waals surface area contributed by atoms with E-state index >= 15 is 0 Å². The molecular formula is C23H23F3N4O2. The number of carbonyl (C=O) groups excluding carboxylic acids is 1. The highest BCUT2D eigenvalue weighted by molar-refractivity contribution is 5.94. The van der Waals surface area contributed by atoms with E-state index in [-0.39, 0.29) is 17.2 Å². The van der Waals surface area contributed by atoms with Crippen LogP contribution in [-0.2, 0) is 12.7 Å². The summed E-state index contributed by atoms with van der Waals surface area (Å²) in [5, 5.41) is 6.73. The highest BCUT2D eigenvalue weighted by Crippen LogP contribution is 2.31. The molecule has 0 saturated carbocycles. The van der Waals surface area contributed by atoms with Gasteiger partial charge >= 0.3 is 11.9 Å². The Hall–Kier alpha value is -3.36. The predicted octanol–water partition coefficient (Wildman–Crippen LogP) is 3.97. The first kappa shape index (κ1) is 21.9. The van der Waals surface area contributed by atoms with Crippen molar-refractivity contribution in [2.24, 2.45) is 0 Å². The Labute approximate surface area is 182 Å². The maximum atomic E-state index is 13.0. The highest BCUT2D eigenvalue weighted by atomic mass is 19.4. The molecule has 1 aliphatic rings. The second kappa shape index (κ2) is 8.64. The Bertz CT molecular complexity index is 1160. The molecule has 1 N–H and O–H groups in total. The van der Waals surface area contributed by atoms with E-state index in [4.69, 9.17) is 0 Å². The number of benzene rings is 2. The molecule has 0 bridgehead atoms. The van der Waals surface area contributed by atoms with Crippen molar-refractivity contribution in [3.8, 4) is 0 Å². The molecule has 0 spiro atoms. The molecule has 1 saturated heterocycles. The smallest absolute Gasteiger partial charge is 0.339 e. The molecule has 4 rings (SSSR count). The van der Waals surface area contributed by atoms with Crippen LogP contribution in [0.2, 0.25) is 0 Å². The molecule has 9 heteroatoms. The summed E-state index contributed by atoms with van der Waals surface area (Å²) in [5.74, 6) is 0.195.